The molecule has 2 rings (SSSR count). The van der Waals surface area contributed by atoms with Gasteiger partial charge in [-0.15, -0.1) is 0 Å². The van der Waals surface area contributed by atoms with Gasteiger partial charge in [-0.2, -0.15) is 0 Å². The molecule has 2 unspecified atom stereocenters. The number of rotatable bonds is 4. The quantitative estimate of drug-likeness (QED) is 0.735. The molecule has 1 aromatic rings. The highest BCUT2D eigenvalue weighted by atomic mass is 17.2. The standard InChI is InChI=1S/C15H21NO6/c1-8(2)13-20-14(15(3,4)22-21-13)16-9-5-6-10(12(18)19)11(17)7-9/h5-8,13-14,16-17H,1-4H3,(H,18,19). The molecule has 0 spiro atoms. The Hall–Kier alpha value is -1.83. The van der Waals surface area contributed by atoms with Crippen molar-refractivity contribution in [1.29, 1.82) is 0 Å². The third kappa shape index (κ3) is 3.49. The summed E-state index contributed by atoms with van der Waals surface area (Å²) in [5.74, 6) is -1.40. The fraction of sp³-hybridized carbons (Fsp3) is 0.533. The molecule has 1 aliphatic rings. The SMILES string of the molecule is CC(C)C1OOC(C)(C)C(Nc2ccc(C(=O)O)c(O)c2)O1. The number of hydrogen-bond donors (Lipinski definition) is 3. The molecule has 7 nitrogen and oxygen atoms in total. The van der Waals surface area contributed by atoms with Crippen LogP contribution in [0.4, 0.5) is 5.69 Å². The minimum atomic E-state index is -1.19. The van der Waals surface area contributed by atoms with E-state index in [2.05, 4.69) is 5.32 Å². The molecule has 2 atom stereocenters. The summed E-state index contributed by atoms with van der Waals surface area (Å²) in [6.07, 6.45) is -1.04. The molecule has 0 aromatic heterocycles. The van der Waals surface area contributed by atoms with Crippen molar-refractivity contribution in [2.24, 2.45) is 5.92 Å². The Morgan fingerprint density at radius 2 is 2.05 bits per heavy atom. The Kier molecular flexibility index (Phi) is 4.60. The van der Waals surface area contributed by atoms with Gasteiger partial charge in [-0.1, -0.05) is 13.8 Å². The van der Waals surface area contributed by atoms with Crippen LogP contribution >= 0.6 is 0 Å². The van der Waals surface area contributed by atoms with Crippen molar-refractivity contribution >= 4 is 11.7 Å². The number of nitrogens with one attached hydrogen (secondary N) is 1. The number of phenols is 1. The zero-order valence-corrected chi connectivity index (χ0v) is 13.0. The molecular weight excluding hydrogens is 290 g/mol. The highest BCUT2D eigenvalue weighted by Gasteiger charge is 2.41. The maximum atomic E-state index is 10.9. The Morgan fingerprint density at radius 3 is 2.59 bits per heavy atom. The maximum absolute atomic E-state index is 10.9. The number of benzene rings is 1. The van der Waals surface area contributed by atoms with E-state index in [-0.39, 0.29) is 17.2 Å². The largest absolute Gasteiger partial charge is 0.507 e. The Morgan fingerprint density at radius 1 is 1.36 bits per heavy atom. The van der Waals surface area contributed by atoms with Gasteiger partial charge in [0, 0.05) is 17.7 Å². The molecule has 0 radical (unpaired) electrons. The Balaban J connectivity index is 2.16. The summed E-state index contributed by atoms with van der Waals surface area (Å²) in [5.41, 5.74) is -0.394. The first-order valence-electron chi connectivity index (χ1n) is 7.03. The highest BCUT2D eigenvalue weighted by molar-refractivity contribution is 5.91. The summed E-state index contributed by atoms with van der Waals surface area (Å²) in [5, 5.41) is 21.7. The average molecular weight is 311 g/mol. The summed E-state index contributed by atoms with van der Waals surface area (Å²) in [6.45, 7) is 7.48. The zero-order valence-electron chi connectivity index (χ0n) is 13.0. The van der Waals surface area contributed by atoms with Gasteiger partial charge in [-0.05, 0) is 26.0 Å². The molecule has 1 fully saturated rings. The van der Waals surface area contributed by atoms with Crippen LogP contribution in [0.2, 0.25) is 0 Å². The van der Waals surface area contributed by atoms with Gasteiger partial charge in [0.05, 0.1) is 0 Å². The van der Waals surface area contributed by atoms with E-state index >= 15 is 0 Å². The number of carboxylic acid groups (broad SMARTS) is 1. The third-order valence-corrected chi connectivity index (χ3v) is 3.33. The zero-order chi connectivity index (χ0) is 16.5. The summed E-state index contributed by atoms with van der Waals surface area (Å²) >= 11 is 0. The van der Waals surface area contributed by atoms with Crippen molar-refractivity contribution in [3.05, 3.63) is 23.8 Å². The van der Waals surface area contributed by atoms with Crippen LogP contribution in [0, 0.1) is 5.92 Å². The molecule has 22 heavy (non-hydrogen) atoms. The minimum absolute atomic E-state index is 0.100. The van der Waals surface area contributed by atoms with Gasteiger partial charge < -0.3 is 20.3 Å². The van der Waals surface area contributed by atoms with Crippen LogP contribution in [-0.2, 0) is 14.5 Å². The van der Waals surface area contributed by atoms with Crippen LogP contribution in [0.15, 0.2) is 18.2 Å². The summed E-state index contributed by atoms with van der Waals surface area (Å²) in [4.78, 5) is 21.5. The lowest BCUT2D eigenvalue weighted by Crippen LogP contribution is -2.54. The molecule has 3 N–H and O–H groups in total. The lowest BCUT2D eigenvalue weighted by Gasteiger charge is -2.42. The van der Waals surface area contributed by atoms with Crippen molar-refractivity contribution in [1.82, 2.24) is 0 Å². The van der Waals surface area contributed by atoms with Gasteiger partial charge in [0.2, 0.25) is 0 Å². The molecule has 1 heterocycles. The van der Waals surface area contributed by atoms with Crippen molar-refractivity contribution in [2.45, 2.75) is 45.8 Å². The van der Waals surface area contributed by atoms with Gasteiger partial charge in [0.15, 0.2) is 12.5 Å². The third-order valence-electron chi connectivity index (χ3n) is 3.33. The van der Waals surface area contributed by atoms with Crippen LogP contribution in [0.5, 0.6) is 5.75 Å². The predicted molar refractivity (Wildman–Crippen MR) is 78.4 cm³/mol. The van der Waals surface area contributed by atoms with E-state index in [1.165, 1.54) is 12.1 Å². The Bertz CT molecular complexity index is 557. The van der Waals surface area contributed by atoms with E-state index in [4.69, 9.17) is 19.6 Å². The molecule has 1 aliphatic heterocycles. The second-order valence-corrected chi connectivity index (χ2v) is 6.09. The van der Waals surface area contributed by atoms with Crippen LogP contribution in [0.25, 0.3) is 0 Å². The predicted octanol–water partition coefficient (Wildman–Crippen LogP) is 2.57. The molecular formula is C15H21NO6. The monoisotopic (exact) mass is 311 g/mol. The number of ether oxygens (including phenoxy) is 1. The van der Waals surface area contributed by atoms with E-state index in [0.29, 0.717) is 5.69 Å². The van der Waals surface area contributed by atoms with Gasteiger partial charge in [0.1, 0.15) is 16.9 Å². The van der Waals surface area contributed by atoms with Gasteiger partial charge in [-0.25, -0.2) is 14.6 Å². The van der Waals surface area contributed by atoms with Gasteiger partial charge in [0.25, 0.3) is 0 Å². The second-order valence-electron chi connectivity index (χ2n) is 6.09. The normalized spacial score (nSPS) is 24.2. The van der Waals surface area contributed by atoms with E-state index < -0.39 is 24.1 Å². The van der Waals surface area contributed by atoms with Crippen molar-refractivity contribution in [3.63, 3.8) is 0 Å². The number of carboxylic acids is 1. The van der Waals surface area contributed by atoms with Crippen molar-refractivity contribution in [2.75, 3.05) is 5.32 Å². The molecule has 0 bridgehead atoms. The van der Waals surface area contributed by atoms with Crippen LogP contribution in [0.1, 0.15) is 38.1 Å². The van der Waals surface area contributed by atoms with E-state index in [1.807, 2.05) is 13.8 Å². The molecule has 0 amide bonds. The van der Waals surface area contributed by atoms with Crippen LogP contribution < -0.4 is 5.32 Å². The fourth-order valence-corrected chi connectivity index (χ4v) is 1.97. The number of aromatic hydroxyl groups is 1. The van der Waals surface area contributed by atoms with E-state index in [9.17, 15) is 9.90 Å². The minimum Gasteiger partial charge on any atom is -0.507 e. The fourth-order valence-electron chi connectivity index (χ4n) is 1.97. The topological polar surface area (TPSA) is 97.3 Å². The van der Waals surface area contributed by atoms with E-state index in [0.717, 1.165) is 0 Å². The first-order chi connectivity index (χ1) is 10.2. The number of carbonyl (C=O) groups is 1. The molecule has 0 aliphatic carbocycles. The molecule has 1 saturated heterocycles. The lowest BCUT2D eigenvalue weighted by atomic mass is 10.1. The van der Waals surface area contributed by atoms with Gasteiger partial charge in [-0.3, -0.25) is 0 Å². The summed E-state index contributed by atoms with van der Waals surface area (Å²) in [6, 6.07) is 4.22. The van der Waals surface area contributed by atoms with Gasteiger partial charge >= 0.3 is 5.97 Å². The molecule has 122 valence electrons. The molecule has 7 heteroatoms. The Labute approximate surface area is 128 Å². The van der Waals surface area contributed by atoms with Crippen LogP contribution in [0.3, 0.4) is 0 Å². The summed E-state index contributed by atoms with van der Waals surface area (Å²) < 4.78 is 5.83. The second kappa shape index (κ2) is 6.12. The number of anilines is 1. The van der Waals surface area contributed by atoms with Crippen LogP contribution in [-0.4, -0.2) is 34.3 Å². The lowest BCUT2D eigenvalue weighted by molar-refractivity contribution is -0.485. The van der Waals surface area contributed by atoms with Crippen molar-refractivity contribution < 1.29 is 29.5 Å². The maximum Gasteiger partial charge on any atom is 0.339 e. The first-order valence-corrected chi connectivity index (χ1v) is 7.03. The summed E-state index contributed by atoms with van der Waals surface area (Å²) in [7, 11) is 0. The smallest absolute Gasteiger partial charge is 0.339 e. The first kappa shape index (κ1) is 16.5. The average Bonchev–Trinajstić information content (AvgIpc) is 2.40. The molecule has 1 aromatic carbocycles. The number of aromatic carboxylic acids is 1. The van der Waals surface area contributed by atoms with E-state index in [1.54, 1.807) is 19.9 Å². The highest BCUT2D eigenvalue weighted by Crippen LogP contribution is 2.31. The molecule has 0 saturated carbocycles. The van der Waals surface area contributed by atoms with Crippen molar-refractivity contribution in [3.8, 4) is 5.75 Å². The number of hydrogen-bond acceptors (Lipinski definition) is 6.